The molecule has 1 heterocycles. The molecule has 0 saturated carbocycles. The molecule has 4 rings (SSSR count). The van der Waals surface area contributed by atoms with E-state index in [0.717, 1.165) is 40.0 Å². The molecule has 0 N–H and O–H groups in total. The quantitative estimate of drug-likeness (QED) is 0.312. The fraction of sp³-hybridized carbons (Fsp3) is 0.167. The summed E-state index contributed by atoms with van der Waals surface area (Å²) in [5.41, 5.74) is 3.89. The van der Waals surface area contributed by atoms with Gasteiger partial charge in [-0.2, -0.15) is 13.2 Å². The zero-order chi connectivity index (χ0) is 20.4. The molecule has 0 spiro atoms. The average molecular weight is 411 g/mol. The van der Waals surface area contributed by atoms with Crippen LogP contribution in [0.2, 0.25) is 0 Å². The highest BCUT2D eigenvalue weighted by Gasteiger charge is 2.29. The van der Waals surface area contributed by atoms with Gasteiger partial charge in [0, 0.05) is 34.3 Å². The predicted octanol–water partition coefficient (Wildman–Crippen LogP) is 7.31. The van der Waals surface area contributed by atoms with E-state index < -0.39 is 11.7 Å². The van der Waals surface area contributed by atoms with Crippen LogP contribution < -0.4 is 0 Å². The molecule has 5 heteroatoms. The minimum absolute atomic E-state index is 0.610. The molecule has 0 atom stereocenters. The van der Waals surface area contributed by atoms with Gasteiger partial charge in [-0.05, 0) is 36.2 Å². The predicted molar refractivity (Wildman–Crippen MR) is 113 cm³/mol. The average Bonchev–Trinajstić information content (AvgIpc) is 3.05. The number of rotatable bonds is 5. The van der Waals surface area contributed by atoms with Crippen LogP contribution in [0.1, 0.15) is 22.3 Å². The van der Waals surface area contributed by atoms with E-state index in [1.165, 1.54) is 11.1 Å². The van der Waals surface area contributed by atoms with E-state index in [2.05, 4.69) is 54.1 Å². The van der Waals surface area contributed by atoms with Gasteiger partial charge >= 0.3 is 6.18 Å². The molecule has 0 amide bonds. The first kappa shape index (κ1) is 19.6. The Morgan fingerprint density at radius 3 is 2.17 bits per heavy atom. The Bertz CT molecular complexity index is 1110. The van der Waals surface area contributed by atoms with Crippen molar-refractivity contribution in [3.8, 4) is 0 Å². The smallest absolute Gasteiger partial charge is 0.342 e. The number of fused-ring (bicyclic) bond motifs is 1. The molecule has 0 fully saturated rings. The van der Waals surface area contributed by atoms with Gasteiger partial charge in [0.25, 0.3) is 0 Å². The van der Waals surface area contributed by atoms with Crippen molar-refractivity contribution < 1.29 is 13.2 Å². The number of hydrogen-bond acceptors (Lipinski definition) is 1. The number of thioether (sulfide) groups is 1. The van der Waals surface area contributed by atoms with E-state index in [1.54, 1.807) is 23.9 Å². The van der Waals surface area contributed by atoms with Gasteiger partial charge in [-0.1, -0.05) is 60.2 Å². The minimum atomic E-state index is -4.30. The summed E-state index contributed by atoms with van der Waals surface area (Å²) in [7, 11) is 0. The Balaban J connectivity index is 1.55. The number of nitrogens with zero attached hydrogens (tertiary/aromatic N) is 1. The first-order valence-electron chi connectivity index (χ1n) is 9.32. The molecule has 0 aliphatic rings. The van der Waals surface area contributed by atoms with Crippen LogP contribution in [0, 0.1) is 6.92 Å². The number of para-hydroxylation sites is 1. The van der Waals surface area contributed by atoms with Crippen LogP contribution in [0.25, 0.3) is 10.9 Å². The second-order valence-electron chi connectivity index (χ2n) is 7.11. The first-order chi connectivity index (χ1) is 13.9. The van der Waals surface area contributed by atoms with Gasteiger partial charge in [0.05, 0.1) is 5.56 Å². The van der Waals surface area contributed by atoms with Gasteiger partial charge in [0.15, 0.2) is 0 Å². The van der Waals surface area contributed by atoms with E-state index in [0.29, 0.717) is 5.75 Å². The van der Waals surface area contributed by atoms with Gasteiger partial charge in [-0.15, -0.1) is 11.8 Å². The summed E-state index contributed by atoms with van der Waals surface area (Å²) < 4.78 is 40.5. The number of aromatic nitrogens is 1. The van der Waals surface area contributed by atoms with Crippen LogP contribution in [0.4, 0.5) is 13.2 Å². The number of benzene rings is 3. The van der Waals surface area contributed by atoms with Gasteiger partial charge in [0.2, 0.25) is 0 Å². The van der Waals surface area contributed by atoms with Gasteiger partial charge in [-0.3, -0.25) is 0 Å². The third-order valence-corrected chi connectivity index (χ3v) is 6.02. The first-order valence-corrected chi connectivity index (χ1v) is 10.3. The maximum Gasteiger partial charge on any atom is 0.416 e. The molecule has 0 unspecified atom stereocenters. The Kier molecular flexibility index (Phi) is 5.41. The molecule has 0 radical (unpaired) electrons. The maximum atomic E-state index is 12.7. The molecule has 4 aromatic rings. The molecule has 0 aliphatic carbocycles. The highest BCUT2D eigenvalue weighted by atomic mass is 32.2. The van der Waals surface area contributed by atoms with Crippen LogP contribution in [0.5, 0.6) is 0 Å². The standard InChI is InChI=1S/C24H20F3NS/c1-17-6-8-18(9-7-17)14-28-15-23(21-4-2-3-5-22(21)28)29-16-19-10-12-20(13-11-19)24(25,26)27/h2-13,15H,14,16H2,1H3. The van der Waals surface area contributed by atoms with Crippen LogP contribution in [0.3, 0.4) is 0 Å². The number of alkyl halides is 3. The van der Waals surface area contributed by atoms with Gasteiger partial charge in [0.1, 0.15) is 0 Å². The van der Waals surface area contributed by atoms with Crippen molar-refractivity contribution in [2.24, 2.45) is 0 Å². The Morgan fingerprint density at radius 1 is 0.828 bits per heavy atom. The molecule has 0 bridgehead atoms. The van der Waals surface area contributed by atoms with Crippen molar-refractivity contribution >= 4 is 22.7 Å². The topological polar surface area (TPSA) is 4.93 Å². The fourth-order valence-electron chi connectivity index (χ4n) is 3.30. The number of halogens is 3. The van der Waals surface area contributed by atoms with Crippen LogP contribution in [-0.2, 0) is 18.5 Å². The largest absolute Gasteiger partial charge is 0.416 e. The highest BCUT2D eigenvalue weighted by Crippen LogP contribution is 2.34. The number of aryl methyl sites for hydroxylation is 1. The molecule has 148 valence electrons. The summed E-state index contributed by atoms with van der Waals surface area (Å²) in [5.74, 6) is 0.622. The third-order valence-electron chi connectivity index (χ3n) is 4.90. The van der Waals surface area contributed by atoms with Crippen LogP contribution >= 0.6 is 11.8 Å². The molecule has 0 saturated heterocycles. The van der Waals surface area contributed by atoms with Crippen LogP contribution in [0.15, 0.2) is 83.9 Å². The van der Waals surface area contributed by atoms with E-state index >= 15 is 0 Å². The molecule has 3 aromatic carbocycles. The van der Waals surface area contributed by atoms with Crippen molar-refractivity contribution in [2.45, 2.75) is 30.3 Å². The fourth-order valence-corrected chi connectivity index (χ4v) is 4.34. The second-order valence-corrected chi connectivity index (χ2v) is 8.12. The molecular weight excluding hydrogens is 391 g/mol. The van der Waals surface area contributed by atoms with Crippen molar-refractivity contribution in [3.05, 3.63) is 101 Å². The second kappa shape index (κ2) is 7.99. The molecule has 1 aromatic heterocycles. The summed E-state index contributed by atoms with van der Waals surface area (Å²) >= 11 is 1.65. The monoisotopic (exact) mass is 411 g/mol. The van der Waals surface area contributed by atoms with E-state index in [-0.39, 0.29) is 0 Å². The summed E-state index contributed by atoms with van der Waals surface area (Å²) in [5, 5.41) is 1.16. The van der Waals surface area contributed by atoms with Crippen molar-refractivity contribution in [1.29, 1.82) is 0 Å². The molecule has 0 aliphatic heterocycles. The van der Waals surface area contributed by atoms with E-state index in [1.807, 2.05) is 12.1 Å². The van der Waals surface area contributed by atoms with Gasteiger partial charge in [-0.25, -0.2) is 0 Å². The summed E-state index contributed by atoms with van der Waals surface area (Å²) in [6, 6.07) is 22.2. The van der Waals surface area contributed by atoms with Crippen molar-refractivity contribution in [2.75, 3.05) is 0 Å². The molecule has 1 nitrogen and oxygen atoms in total. The normalized spacial score (nSPS) is 11.9. The SMILES string of the molecule is Cc1ccc(Cn2cc(SCc3ccc(C(F)(F)F)cc3)c3ccccc32)cc1. The Morgan fingerprint density at radius 2 is 1.48 bits per heavy atom. The summed E-state index contributed by atoms with van der Waals surface area (Å²) in [6.45, 7) is 2.85. The maximum absolute atomic E-state index is 12.7. The van der Waals surface area contributed by atoms with E-state index in [4.69, 9.17) is 0 Å². The zero-order valence-corrected chi connectivity index (χ0v) is 16.7. The number of hydrogen-bond donors (Lipinski definition) is 0. The molecular formula is C24H20F3NS. The van der Waals surface area contributed by atoms with Crippen molar-refractivity contribution in [3.63, 3.8) is 0 Å². The van der Waals surface area contributed by atoms with Crippen LogP contribution in [-0.4, -0.2) is 4.57 Å². The molecule has 29 heavy (non-hydrogen) atoms. The van der Waals surface area contributed by atoms with E-state index in [9.17, 15) is 13.2 Å². The third kappa shape index (κ3) is 4.51. The lowest BCUT2D eigenvalue weighted by Gasteiger charge is -2.07. The van der Waals surface area contributed by atoms with Gasteiger partial charge < -0.3 is 4.57 Å². The Labute approximate surface area is 172 Å². The zero-order valence-electron chi connectivity index (χ0n) is 15.9. The van der Waals surface area contributed by atoms with Crippen molar-refractivity contribution in [1.82, 2.24) is 4.57 Å². The summed E-state index contributed by atoms with van der Waals surface area (Å²) in [4.78, 5) is 1.13. The lowest BCUT2D eigenvalue weighted by molar-refractivity contribution is -0.137. The summed E-state index contributed by atoms with van der Waals surface area (Å²) in [6.07, 6.45) is -2.16. The lowest BCUT2D eigenvalue weighted by atomic mass is 10.1. The lowest BCUT2D eigenvalue weighted by Crippen LogP contribution is -2.04. The highest BCUT2D eigenvalue weighted by molar-refractivity contribution is 7.98. The minimum Gasteiger partial charge on any atom is -0.342 e. The Hall–Kier alpha value is -2.66.